The zero-order valence-electron chi connectivity index (χ0n) is 10.4. The summed E-state index contributed by atoms with van der Waals surface area (Å²) in [4.78, 5) is 13.6. The topological polar surface area (TPSA) is 20.3 Å². The number of hydrogen-bond acceptors (Lipinski definition) is 1. The zero-order chi connectivity index (χ0) is 13.1. The van der Waals surface area contributed by atoms with E-state index in [-0.39, 0.29) is 11.5 Å². The van der Waals surface area contributed by atoms with E-state index >= 15 is 0 Å². The van der Waals surface area contributed by atoms with Crippen LogP contribution in [0.4, 0.5) is 10.1 Å². The van der Waals surface area contributed by atoms with Crippen LogP contribution in [0.25, 0.3) is 0 Å². The molecule has 2 nitrogen and oxygen atoms in total. The third-order valence-corrected chi connectivity index (χ3v) is 2.83. The first-order chi connectivity index (χ1) is 8.59. The zero-order valence-corrected chi connectivity index (χ0v) is 10.4. The van der Waals surface area contributed by atoms with Crippen molar-refractivity contribution in [3.63, 3.8) is 0 Å². The lowest BCUT2D eigenvalue weighted by Crippen LogP contribution is -2.27. The predicted molar refractivity (Wildman–Crippen MR) is 70.3 cm³/mol. The van der Waals surface area contributed by atoms with Gasteiger partial charge in [0.25, 0.3) is 5.91 Å². The van der Waals surface area contributed by atoms with Crippen LogP contribution in [0.2, 0.25) is 0 Å². The average molecular weight is 243 g/mol. The maximum atomic E-state index is 13.5. The standard InChI is InChI=1S/C15H14FNO/c1-11-7-9-12(10-8-11)17(2)15(18)13-5-3-4-6-14(13)16/h3-10H,1-2H3. The number of aryl methyl sites for hydroxylation is 1. The van der Waals surface area contributed by atoms with E-state index in [0.29, 0.717) is 0 Å². The smallest absolute Gasteiger partial charge is 0.260 e. The van der Waals surface area contributed by atoms with Gasteiger partial charge < -0.3 is 4.90 Å². The van der Waals surface area contributed by atoms with Crippen molar-refractivity contribution in [1.82, 2.24) is 0 Å². The Morgan fingerprint density at radius 1 is 1.06 bits per heavy atom. The van der Waals surface area contributed by atoms with Crippen LogP contribution in [-0.4, -0.2) is 13.0 Å². The molecule has 18 heavy (non-hydrogen) atoms. The van der Waals surface area contributed by atoms with Crippen LogP contribution in [-0.2, 0) is 0 Å². The summed E-state index contributed by atoms with van der Waals surface area (Å²) >= 11 is 0. The van der Waals surface area contributed by atoms with Gasteiger partial charge in [-0.15, -0.1) is 0 Å². The molecule has 2 aromatic rings. The summed E-state index contributed by atoms with van der Waals surface area (Å²) in [5, 5.41) is 0. The molecule has 0 radical (unpaired) electrons. The Morgan fingerprint density at radius 2 is 1.67 bits per heavy atom. The average Bonchev–Trinajstić information content (AvgIpc) is 2.38. The number of carbonyl (C=O) groups is 1. The Morgan fingerprint density at radius 3 is 2.28 bits per heavy atom. The lowest BCUT2D eigenvalue weighted by molar-refractivity contribution is 0.0989. The Bertz CT molecular complexity index is 563. The van der Waals surface area contributed by atoms with E-state index < -0.39 is 5.82 Å². The molecule has 0 aliphatic rings. The highest BCUT2D eigenvalue weighted by molar-refractivity contribution is 6.05. The van der Waals surface area contributed by atoms with Crippen molar-refractivity contribution in [2.24, 2.45) is 0 Å². The van der Waals surface area contributed by atoms with Crippen molar-refractivity contribution in [3.8, 4) is 0 Å². The normalized spacial score (nSPS) is 10.2. The van der Waals surface area contributed by atoms with Gasteiger partial charge in [0.2, 0.25) is 0 Å². The molecule has 0 unspecified atom stereocenters. The fraction of sp³-hybridized carbons (Fsp3) is 0.133. The van der Waals surface area contributed by atoms with Gasteiger partial charge in [0.15, 0.2) is 0 Å². The first-order valence-electron chi connectivity index (χ1n) is 5.69. The van der Waals surface area contributed by atoms with Crippen LogP contribution in [0.1, 0.15) is 15.9 Å². The van der Waals surface area contributed by atoms with Gasteiger partial charge in [0, 0.05) is 12.7 Å². The molecule has 0 bridgehead atoms. The lowest BCUT2D eigenvalue weighted by Gasteiger charge is -2.17. The van der Waals surface area contributed by atoms with E-state index in [1.165, 1.54) is 17.0 Å². The number of amides is 1. The van der Waals surface area contributed by atoms with Crippen LogP contribution < -0.4 is 4.90 Å². The number of nitrogens with zero attached hydrogens (tertiary/aromatic N) is 1. The molecule has 2 rings (SSSR count). The van der Waals surface area contributed by atoms with Crippen molar-refractivity contribution in [3.05, 3.63) is 65.5 Å². The number of anilines is 1. The Labute approximate surface area is 106 Å². The highest BCUT2D eigenvalue weighted by Gasteiger charge is 2.16. The molecule has 1 amide bonds. The fourth-order valence-corrected chi connectivity index (χ4v) is 1.70. The van der Waals surface area contributed by atoms with Crippen LogP contribution in [0, 0.1) is 12.7 Å². The van der Waals surface area contributed by atoms with Gasteiger partial charge in [-0.25, -0.2) is 4.39 Å². The van der Waals surface area contributed by atoms with Crippen molar-refractivity contribution < 1.29 is 9.18 Å². The molecule has 0 aromatic heterocycles. The maximum absolute atomic E-state index is 13.5. The van der Waals surface area contributed by atoms with E-state index in [1.807, 2.05) is 31.2 Å². The second-order valence-corrected chi connectivity index (χ2v) is 4.18. The molecular weight excluding hydrogens is 229 g/mol. The molecule has 0 saturated carbocycles. The van der Waals surface area contributed by atoms with E-state index in [4.69, 9.17) is 0 Å². The molecule has 0 N–H and O–H groups in total. The van der Waals surface area contributed by atoms with Crippen molar-refractivity contribution >= 4 is 11.6 Å². The molecule has 92 valence electrons. The predicted octanol–water partition coefficient (Wildman–Crippen LogP) is 3.41. The van der Waals surface area contributed by atoms with Gasteiger partial charge in [-0.05, 0) is 31.2 Å². The Hall–Kier alpha value is -2.16. The number of carbonyl (C=O) groups excluding carboxylic acids is 1. The van der Waals surface area contributed by atoms with Gasteiger partial charge in [-0.1, -0.05) is 29.8 Å². The minimum atomic E-state index is -0.499. The molecule has 0 fully saturated rings. The van der Waals surface area contributed by atoms with E-state index in [9.17, 15) is 9.18 Å². The highest BCUT2D eigenvalue weighted by Crippen LogP contribution is 2.17. The molecular formula is C15H14FNO. The highest BCUT2D eigenvalue weighted by atomic mass is 19.1. The van der Waals surface area contributed by atoms with Crippen LogP contribution >= 0.6 is 0 Å². The minimum absolute atomic E-state index is 0.0839. The van der Waals surface area contributed by atoms with Crippen molar-refractivity contribution in [2.75, 3.05) is 11.9 Å². The molecule has 0 aliphatic heterocycles. The second kappa shape index (κ2) is 5.00. The van der Waals surface area contributed by atoms with Crippen molar-refractivity contribution in [2.45, 2.75) is 6.92 Å². The fourth-order valence-electron chi connectivity index (χ4n) is 1.70. The van der Waals surface area contributed by atoms with Crippen LogP contribution in [0.5, 0.6) is 0 Å². The van der Waals surface area contributed by atoms with E-state index in [1.54, 1.807) is 19.2 Å². The number of hydrogen-bond donors (Lipinski definition) is 0. The van der Waals surface area contributed by atoms with E-state index in [0.717, 1.165) is 11.3 Å². The third kappa shape index (κ3) is 2.40. The van der Waals surface area contributed by atoms with Gasteiger partial charge in [0.1, 0.15) is 5.82 Å². The largest absolute Gasteiger partial charge is 0.311 e. The Balaban J connectivity index is 2.29. The summed E-state index contributed by atoms with van der Waals surface area (Å²) in [5.74, 6) is -0.849. The number of halogens is 1. The summed E-state index contributed by atoms with van der Waals surface area (Å²) < 4.78 is 13.5. The Kier molecular flexibility index (Phi) is 3.42. The molecule has 0 spiro atoms. The summed E-state index contributed by atoms with van der Waals surface area (Å²) in [6, 6.07) is 13.5. The summed E-state index contributed by atoms with van der Waals surface area (Å²) in [7, 11) is 1.64. The SMILES string of the molecule is Cc1ccc(N(C)C(=O)c2ccccc2F)cc1. The van der Waals surface area contributed by atoms with Crippen LogP contribution in [0.3, 0.4) is 0 Å². The first kappa shape index (κ1) is 12.3. The maximum Gasteiger partial charge on any atom is 0.260 e. The monoisotopic (exact) mass is 243 g/mol. The molecule has 0 saturated heterocycles. The molecule has 2 aromatic carbocycles. The van der Waals surface area contributed by atoms with Gasteiger partial charge in [-0.2, -0.15) is 0 Å². The second-order valence-electron chi connectivity index (χ2n) is 4.18. The molecule has 0 aliphatic carbocycles. The quantitative estimate of drug-likeness (QED) is 0.791. The first-order valence-corrected chi connectivity index (χ1v) is 5.69. The minimum Gasteiger partial charge on any atom is -0.311 e. The van der Waals surface area contributed by atoms with Gasteiger partial charge in [-0.3, -0.25) is 4.79 Å². The third-order valence-electron chi connectivity index (χ3n) is 2.83. The molecule has 0 heterocycles. The number of rotatable bonds is 2. The van der Waals surface area contributed by atoms with Gasteiger partial charge in [0.05, 0.1) is 5.56 Å². The van der Waals surface area contributed by atoms with Crippen molar-refractivity contribution in [1.29, 1.82) is 0 Å². The molecule has 3 heteroatoms. The van der Waals surface area contributed by atoms with Gasteiger partial charge >= 0.3 is 0 Å². The lowest BCUT2D eigenvalue weighted by atomic mass is 10.1. The van der Waals surface area contributed by atoms with Crippen LogP contribution in [0.15, 0.2) is 48.5 Å². The summed E-state index contributed by atoms with van der Waals surface area (Å²) in [6.07, 6.45) is 0. The summed E-state index contributed by atoms with van der Waals surface area (Å²) in [6.45, 7) is 1.97. The van der Waals surface area contributed by atoms with E-state index in [2.05, 4.69) is 0 Å². The summed E-state index contributed by atoms with van der Waals surface area (Å²) in [5.41, 5.74) is 1.94. The molecule has 0 atom stereocenters. The number of benzene rings is 2.